The zero-order chi connectivity index (χ0) is 5.98. The van der Waals surface area contributed by atoms with Gasteiger partial charge in [0.05, 0.1) is 12.1 Å². The summed E-state index contributed by atoms with van der Waals surface area (Å²) in [6.07, 6.45) is 0. The Morgan fingerprint density at radius 3 is 2.62 bits per heavy atom. The van der Waals surface area contributed by atoms with Crippen LogP contribution in [0.1, 0.15) is 13.8 Å². The molecule has 0 unspecified atom stereocenters. The molecule has 0 amide bonds. The third kappa shape index (κ3) is 1.06. The van der Waals surface area contributed by atoms with Gasteiger partial charge in [-0.25, -0.2) is 4.83 Å². The molecular formula is C4H9N3S. The number of hydrogen-bond acceptors (Lipinski definition) is 4. The molecule has 3 nitrogen and oxygen atoms in total. The Labute approximate surface area is 53.2 Å². The molecule has 1 aliphatic rings. The van der Waals surface area contributed by atoms with E-state index in [0.717, 1.165) is 5.84 Å². The molecule has 0 aromatic carbocycles. The summed E-state index contributed by atoms with van der Waals surface area (Å²) in [4.78, 5) is 2.75. The van der Waals surface area contributed by atoms with Crippen molar-refractivity contribution in [1.82, 2.24) is 9.55 Å². The second kappa shape index (κ2) is 2.26. The molecule has 0 saturated heterocycles. The van der Waals surface area contributed by atoms with Crippen LogP contribution in [0.2, 0.25) is 0 Å². The van der Waals surface area contributed by atoms with Crippen LogP contribution in [0.25, 0.3) is 0 Å². The Morgan fingerprint density at radius 1 is 1.62 bits per heavy atom. The predicted octanol–water partition coefficient (Wildman–Crippen LogP) is 0.712. The summed E-state index contributed by atoms with van der Waals surface area (Å²) < 4.78 is 3.01. The first-order valence-electron chi connectivity index (χ1n) is 2.55. The number of nitrogens with zero attached hydrogens (tertiary/aromatic N) is 1. The fraction of sp³-hybridized carbons (Fsp3) is 0.750. The van der Waals surface area contributed by atoms with Gasteiger partial charge in [-0.15, -0.1) is 0 Å². The van der Waals surface area contributed by atoms with Gasteiger partial charge < -0.3 is 0 Å². The first-order valence-corrected chi connectivity index (χ1v) is 3.37. The van der Waals surface area contributed by atoms with E-state index in [4.69, 9.17) is 0 Å². The van der Waals surface area contributed by atoms with Gasteiger partial charge in [-0.1, -0.05) is 13.8 Å². The number of hydrazone groups is 1. The van der Waals surface area contributed by atoms with Crippen molar-refractivity contribution in [3.63, 3.8) is 0 Å². The average molecular weight is 131 g/mol. The molecule has 0 spiro atoms. The van der Waals surface area contributed by atoms with Gasteiger partial charge in [0.15, 0.2) is 0 Å². The van der Waals surface area contributed by atoms with Crippen LogP contribution in [0.4, 0.5) is 0 Å². The second-order valence-corrected chi connectivity index (χ2v) is 2.54. The van der Waals surface area contributed by atoms with E-state index < -0.39 is 0 Å². The lowest BCUT2D eigenvalue weighted by Crippen LogP contribution is -2.17. The van der Waals surface area contributed by atoms with Crippen molar-refractivity contribution in [2.45, 2.75) is 13.8 Å². The van der Waals surface area contributed by atoms with Crippen molar-refractivity contribution in [3.8, 4) is 0 Å². The third-order valence-corrected chi connectivity index (χ3v) is 1.41. The minimum Gasteiger partial charge on any atom is -0.297 e. The molecule has 0 aliphatic carbocycles. The Morgan fingerprint density at radius 2 is 2.38 bits per heavy atom. The molecule has 8 heavy (non-hydrogen) atoms. The van der Waals surface area contributed by atoms with Gasteiger partial charge >= 0.3 is 0 Å². The molecular weight excluding hydrogens is 122 g/mol. The summed E-state index contributed by atoms with van der Waals surface area (Å²) in [7, 11) is 0. The lowest BCUT2D eigenvalue weighted by molar-refractivity contribution is 0.858. The van der Waals surface area contributed by atoms with Crippen LogP contribution < -0.4 is 9.55 Å². The Kier molecular flexibility index (Phi) is 1.62. The van der Waals surface area contributed by atoms with Gasteiger partial charge in [-0.2, -0.15) is 5.10 Å². The van der Waals surface area contributed by atoms with Crippen molar-refractivity contribution in [2.75, 3.05) is 0 Å². The number of hydrogen-bond donors (Lipinski definition) is 2. The first-order chi connectivity index (χ1) is 3.80. The van der Waals surface area contributed by atoms with Gasteiger partial charge in [0.25, 0.3) is 0 Å². The van der Waals surface area contributed by atoms with Gasteiger partial charge in [0.2, 0.25) is 0 Å². The van der Waals surface area contributed by atoms with Gasteiger partial charge in [0.1, 0.15) is 5.84 Å². The second-order valence-electron chi connectivity index (χ2n) is 1.95. The van der Waals surface area contributed by atoms with E-state index in [9.17, 15) is 0 Å². The number of amidine groups is 1. The van der Waals surface area contributed by atoms with Gasteiger partial charge in [-0.05, 0) is 0 Å². The molecule has 0 bridgehead atoms. The highest BCUT2D eigenvalue weighted by molar-refractivity contribution is 7.96. The Hall–Kier alpha value is -0.380. The zero-order valence-corrected chi connectivity index (χ0v) is 5.75. The van der Waals surface area contributed by atoms with Crippen LogP contribution in [0.15, 0.2) is 5.10 Å². The van der Waals surface area contributed by atoms with Crippen LogP contribution >= 0.6 is 12.1 Å². The molecule has 46 valence electrons. The molecule has 0 aromatic heterocycles. The highest BCUT2D eigenvalue weighted by Crippen LogP contribution is 2.02. The quantitative estimate of drug-likeness (QED) is 0.515. The van der Waals surface area contributed by atoms with Crippen molar-refractivity contribution in [3.05, 3.63) is 0 Å². The number of nitrogens with one attached hydrogen (secondary N) is 2. The molecule has 1 aliphatic heterocycles. The maximum Gasteiger partial charge on any atom is 0.137 e. The Balaban J connectivity index is 2.45. The largest absolute Gasteiger partial charge is 0.297 e. The van der Waals surface area contributed by atoms with Crippen molar-refractivity contribution in [2.24, 2.45) is 11.0 Å². The minimum atomic E-state index is 0.498. The van der Waals surface area contributed by atoms with E-state index in [1.165, 1.54) is 12.1 Å². The van der Waals surface area contributed by atoms with E-state index >= 15 is 0 Å². The molecule has 4 heteroatoms. The topological polar surface area (TPSA) is 36.4 Å². The minimum absolute atomic E-state index is 0.498. The molecule has 2 N–H and O–H groups in total. The van der Waals surface area contributed by atoms with E-state index in [0.29, 0.717) is 5.92 Å². The summed E-state index contributed by atoms with van der Waals surface area (Å²) in [5.41, 5.74) is 0. The maximum atomic E-state index is 3.95. The fourth-order valence-corrected chi connectivity index (χ4v) is 0.992. The van der Waals surface area contributed by atoms with Crippen molar-refractivity contribution in [1.29, 1.82) is 0 Å². The smallest absolute Gasteiger partial charge is 0.137 e. The fourth-order valence-electron chi connectivity index (χ4n) is 0.417. The molecule has 1 rings (SSSR count). The van der Waals surface area contributed by atoms with E-state index in [-0.39, 0.29) is 0 Å². The van der Waals surface area contributed by atoms with Crippen LogP contribution in [-0.4, -0.2) is 5.84 Å². The summed E-state index contributed by atoms with van der Waals surface area (Å²) in [6.45, 7) is 4.19. The van der Waals surface area contributed by atoms with Crippen molar-refractivity contribution >= 4 is 18.0 Å². The van der Waals surface area contributed by atoms with Crippen molar-refractivity contribution < 1.29 is 0 Å². The van der Waals surface area contributed by atoms with E-state index in [1.54, 1.807) is 0 Å². The Bertz CT molecular complexity index is 110. The predicted molar refractivity (Wildman–Crippen MR) is 36.1 cm³/mol. The van der Waals surface area contributed by atoms with Crippen LogP contribution in [0.5, 0.6) is 0 Å². The number of rotatable bonds is 1. The van der Waals surface area contributed by atoms with Crippen LogP contribution in [0, 0.1) is 5.92 Å². The molecule has 1 heterocycles. The van der Waals surface area contributed by atoms with Gasteiger partial charge in [-0.3, -0.25) is 4.72 Å². The van der Waals surface area contributed by atoms with Crippen LogP contribution in [0.3, 0.4) is 0 Å². The summed E-state index contributed by atoms with van der Waals surface area (Å²) in [5, 5.41) is 3.95. The highest BCUT2D eigenvalue weighted by atomic mass is 32.2. The zero-order valence-electron chi connectivity index (χ0n) is 4.93. The lowest BCUT2D eigenvalue weighted by atomic mass is 10.2. The molecule has 0 radical (unpaired) electrons. The molecule has 0 saturated carbocycles. The average Bonchev–Trinajstić information content (AvgIpc) is 2.12. The lowest BCUT2D eigenvalue weighted by Gasteiger charge is -1.99. The SMILES string of the molecule is CC(C)C1=NNSN1. The summed E-state index contributed by atoms with van der Waals surface area (Å²) >= 11 is 1.41. The normalized spacial score (nSPS) is 17.6. The first kappa shape index (κ1) is 5.75. The summed E-state index contributed by atoms with van der Waals surface area (Å²) in [5.74, 6) is 1.52. The highest BCUT2D eigenvalue weighted by Gasteiger charge is 2.08. The third-order valence-electron chi connectivity index (χ3n) is 0.914. The van der Waals surface area contributed by atoms with Gasteiger partial charge in [0, 0.05) is 5.92 Å². The molecule has 0 atom stereocenters. The summed E-state index contributed by atoms with van der Waals surface area (Å²) in [6, 6.07) is 0. The van der Waals surface area contributed by atoms with E-state index in [2.05, 4.69) is 28.5 Å². The molecule has 0 aromatic rings. The maximum absolute atomic E-state index is 3.95. The monoisotopic (exact) mass is 131 g/mol. The standard InChI is InChI=1S/C4H9N3S/c1-3(2)4-5-7-8-6-4/h3,7H,1-2H3,(H,5,6). The van der Waals surface area contributed by atoms with E-state index in [1.807, 2.05) is 0 Å². The van der Waals surface area contributed by atoms with Crippen LogP contribution in [-0.2, 0) is 0 Å². The molecule has 0 fully saturated rings.